The van der Waals surface area contributed by atoms with Crippen LogP contribution in [0.15, 0.2) is 0 Å². The van der Waals surface area contributed by atoms with E-state index in [0.29, 0.717) is 4.65 Å². The molecule has 0 saturated heterocycles. The van der Waals surface area contributed by atoms with Crippen LogP contribution < -0.4 is 5.32 Å². The zero-order valence-electron chi connectivity index (χ0n) is 12.8. The largest absolute Gasteiger partial charge is 0.395 e. The molecule has 0 amide bonds. The van der Waals surface area contributed by atoms with E-state index in [2.05, 4.69) is 31.2 Å². The Labute approximate surface area is 112 Å². The fraction of sp³-hybridized carbons (Fsp3) is 1.00. The molecule has 0 aromatic heterocycles. The molecule has 0 fully saturated rings. The summed E-state index contributed by atoms with van der Waals surface area (Å²) in [5.74, 6) is 0. The topological polar surface area (TPSA) is 44.7 Å². The third kappa shape index (κ3) is 9.79. The number of aliphatic hydroxyl groups excluding tert-OH is 1. The minimum absolute atomic E-state index is 0.213. The summed E-state index contributed by atoms with van der Waals surface area (Å²) >= 11 is 0. The summed E-state index contributed by atoms with van der Waals surface area (Å²) < 4.78 is 0.566. The molecule has 1 unspecified atom stereocenters. The summed E-state index contributed by atoms with van der Waals surface area (Å²) in [7, 11) is 8.16. The summed E-state index contributed by atoms with van der Waals surface area (Å²) in [5.41, 5.74) is 0. The first-order valence-electron chi connectivity index (χ1n) is 6.86. The van der Waals surface area contributed by atoms with Gasteiger partial charge in [0.1, 0.15) is 12.6 Å². The van der Waals surface area contributed by atoms with Crippen molar-refractivity contribution in [2.45, 2.75) is 25.9 Å². The number of hydrogen-bond acceptors (Lipinski definition) is 4. The van der Waals surface area contributed by atoms with Gasteiger partial charge in [-0.05, 0) is 40.4 Å². The predicted octanol–water partition coefficient (Wildman–Crippen LogP) is 0.307. The number of likely N-dealkylation sites (N-methyl/N-ethyl adjacent to an activating group) is 2. The van der Waals surface area contributed by atoms with Gasteiger partial charge < -0.3 is 10.4 Å². The Morgan fingerprint density at radius 3 is 2.56 bits per heavy atom. The highest BCUT2D eigenvalue weighted by Gasteiger charge is 2.21. The molecule has 0 rings (SSSR count). The van der Waals surface area contributed by atoms with Crippen molar-refractivity contribution in [2.75, 3.05) is 61.0 Å². The number of hydroxylamine groups is 3. The molecule has 110 valence electrons. The lowest BCUT2D eigenvalue weighted by atomic mass is 10.2. The van der Waals surface area contributed by atoms with Crippen LogP contribution in [0.4, 0.5) is 0 Å². The number of nitrogens with zero attached hydrogens (tertiary/aromatic N) is 2. The van der Waals surface area contributed by atoms with E-state index < -0.39 is 0 Å². The smallest absolute Gasteiger partial charge is 0.121 e. The Bertz CT molecular complexity index is 201. The Morgan fingerprint density at radius 1 is 1.33 bits per heavy atom. The average Bonchev–Trinajstić information content (AvgIpc) is 2.27. The van der Waals surface area contributed by atoms with Crippen LogP contribution in [0.1, 0.15) is 19.8 Å². The summed E-state index contributed by atoms with van der Waals surface area (Å²) in [5, 5.41) is 12.0. The molecule has 5 heteroatoms. The van der Waals surface area contributed by atoms with Gasteiger partial charge in [-0.2, -0.15) is 4.65 Å². The molecule has 0 radical (unpaired) electrons. The molecule has 0 spiro atoms. The fourth-order valence-electron chi connectivity index (χ4n) is 1.85. The summed E-state index contributed by atoms with van der Waals surface area (Å²) in [6.45, 7) is 5.96. The van der Waals surface area contributed by atoms with Crippen molar-refractivity contribution in [2.24, 2.45) is 0 Å². The van der Waals surface area contributed by atoms with Gasteiger partial charge in [-0.3, -0.25) is 4.90 Å². The summed E-state index contributed by atoms with van der Waals surface area (Å²) in [4.78, 5) is 8.15. The monoisotopic (exact) mass is 262 g/mol. The van der Waals surface area contributed by atoms with E-state index in [9.17, 15) is 0 Å². The number of rotatable bonds is 11. The molecule has 0 bridgehead atoms. The van der Waals surface area contributed by atoms with Crippen LogP contribution in [-0.2, 0) is 4.84 Å². The predicted molar refractivity (Wildman–Crippen MR) is 75.3 cm³/mol. The van der Waals surface area contributed by atoms with Crippen LogP contribution in [-0.4, -0.2) is 81.7 Å². The normalized spacial score (nSPS) is 14.2. The lowest BCUT2D eigenvalue weighted by Crippen LogP contribution is -2.47. The first-order chi connectivity index (χ1) is 8.41. The Morgan fingerprint density at radius 2 is 2.00 bits per heavy atom. The van der Waals surface area contributed by atoms with E-state index >= 15 is 0 Å². The van der Waals surface area contributed by atoms with Crippen LogP contribution in [0.3, 0.4) is 0 Å². The van der Waals surface area contributed by atoms with Crippen LogP contribution in [0.25, 0.3) is 0 Å². The highest BCUT2D eigenvalue weighted by Crippen LogP contribution is 2.08. The quantitative estimate of drug-likeness (QED) is 0.319. The van der Waals surface area contributed by atoms with E-state index in [0.717, 1.165) is 39.0 Å². The second kappa shape index (κ2) is 9.69. The van der Waals surface area contributed by atoms with Gasteiger partial charge in [0.15, 0.2) is 0 Å². The molecule has 1 atom stereocenters. The Hall–Kier alpha value is -0.200. The molecule has 0 heterocycles. The molecule has 0 aliphatic heterocycles. The van der Waals surface area contributed by atoms with Crippen LogP contribution in [0.2, 0.25) is 0 Å². The lowest BCUT2D eigenvalue weighted by Gasteiger charge is -2.31. The first-order valence-corrected chi connectivity index (χ1v) is 6.86. The van der Waals surface area contributed by atoms with E-state index in [1.165, 1.54) is 0 Å². The molecule has 0 aromatic carbocycles. The van der Waals surface area contributed by atoms with Gasteiger partial charge in [0, 0.05) is 6.54 Å². The van der Waals surface area contributed by atoms with Gasteiger partial charge in [0.05, 0.1) is 27.2 Å². The average molecular weight is 262 g/mol. The molecule has 0 aromatic rings. The second-order valence-electron chi connectivity index (χ2n) is 5.49. The number of aliphatic hydroxyl groups is 1. The van der Waals surface area contributed by atoms with Gasteiger partial charge in [-0.25, -0.2) is 4.84 Å². The third-order valence-electron chi connectivity index (χ3n) is 3.00. The van der Waals surface area contributed by atoms with E-state index in [4.69, 9.17) is 9.94 Å². The van der Waals surface area contributed by atoms with Crippen molar-refractivity contribution in [1.29, 1.82) is 0 Å². The Balaban J connectivity index is 3.83. The van der Waals surface area contributed by atoms with Crippen molar-refractivity contribution in [3.63, 3.8) is 0 Å². The third-order valence-corrected chi connectivity index (χ3v) is 3.00. The van der Waals surface area contributed by atoms with Crippen molar-refractivity contribution in [3.05, 3.63) is 0 Å². The molecular weight excluding hydrogens is 230 g/mol. The van der Waals surface area contributed by atoms with E-state index in [-0.39, 0.29) is 12.7 Å². The Kier molecular flexibility index (Phi) is 9.59. The maximum Gasteiger partial charge on any atom is 0.121 e. The minimum Gasteiger partial charge on any atom is -0.395 e. The highest BCUT2D eigenvalue weighted by atomic mass is 16.7. The van der Waals surface area contributed by atoms with Gasteiger partial charge in [0.25, 0.3) is 0 Å². The molecule has 18 heavy (non-hydrogen) atoms. The SMILES string of the molecule is CNCCCC(C)O[N+](C)(C)CCN(C)CCO. The van der Waals surface area contributed by atoms with Gasteiger partial charge in [0.2, 0.25) is 0 Å². The molecule has 0 aliphatic carbocycles. The zero-order chi connectivity index (χ0) is 14.0. The molecule has 0 aliphatic rings. The van der Waals surface area contributed by atoms with Crippen LogP contribution >= 0.6 is 0 Å². The fourth-order valence-corrected chi connectivity index (χ4v) is 1.85. The van der Waals surface area contributed by atoms with Crippen molar-refractivity contribution < 1.29 is 14.6 Å². The van der Waals surface area contributed by atoms with Crippen molar-refractivity contribution in [1.82, 2.24) is 10.2 Å². The zero-order valence-corrected chi connectivity index (χ0v) is 12.8. The van der Waals surface area contributed by atoms with Crippen LogP contribution in [0.5, 0.6) is 0 Å². The van der Waals surface area contributed by atoms with Gasteiger partial charge in [-0.15, -0.1) is 0 Å². The standard InChI is InChI=1S/C13H32N3O2/c1-13(7-6-8-14-2)18-16(4,5)11-9-15(3)10-12-17/h13-14,17H,6-12H2,1-5H3/q+1. The minimum atomic E-state index is 0.213. The van der Waals surface area contributed by atoms with Gasteiger partial charge in [-0.1, -0.05) is 0 Å². The van der Waals surface area contributed by atoms with Gasteiger partial charge >= 0.3 is 0 Å². The van der Waals surface area contributed by atoms with E-state index in [1.807, 2.05) is 14.1 Å². The number of nitrogens with one attached hydrogen (secondary N) is 1. The maximum atomic E-state index is 8.85. The molecule has 2 N–H and O–H groups in total. The van der Waals surface area contributed by atoms with Crippen molar-refractivity contribution >= 4 is 0 Å². The van der Waals surface area contributed by atoms with Crippen LogP contribution in [0, 0.1) is 0 Å². The molecule has 5 nitrogen and oxygen atoms in total. The van der Waals surface area contributed by atoms with Crippen molar-refractivity contribution in [3.8, 4) is 0 Å². The van der Waals surface area contributed by atoms with E-state index in [1.54, 1.807) is 0 Å². The summed E-state index contributed by atoms with van der Waals surface area (Å²) in [6, 6.07) is 0. The number of hydrogen-bond donors (Lipinski definition) is 2. The maximum absolute atomic E-state index is 8.85. The molecular formula is C13H32N3O2+. The highest BCUT2D eigenvalue weighted by molar-refractivity contribution is 4.51. The first kappa shape index (κ1) is 17.8. The second-order valence-corrected chi connectivity index (χ2v) is 5.49. The molecule has 0 saturated carbocycles. The number of quaternary nitrogens is 1. The summed E-state index contributed by atoms with van der Waals surface area (Å²) in [6.07, 6.45) is 2.49. The lowest BCUT2D eigenvalue weighted by molar-refractivity contribution is -1.08.